The summed E-state index contributed by atoms with van der Waals surface area (Å²) in [7, 11) is 0. The van der Waals surface area contributed by atoms with Crippen molar-refractivity contribution in [3.63, 3.8) is 0 Å². The van der Waals surface area contributed by atoms with E-state index in [1.807, 2.05) is 36.4 Å². The van der Waals surface area contributed by atoms with Crippen molar-refractivity contribution in [3.05, 3.63) is 59.4 Å². The maximum Gasteiger partial charge on any atom is 0.344 e. The number of benzene rings is 2. The minimum absolute atomic E-state index is 0.0403. The van der Waals surface area contributed by atoms with Crippen molar-refractivity contribution in [1.82, 2.24) is 9.97 Å². The van der Waals surface area contributed by atoms with Crippen molar-refractivity contribution in [2.24, 2.45) is 0 Å². The van der Waals surface area contributed by atoms with E-state index in [1.165, 1.54) is 17.5 Å². The number of fused-ring (bicyclic) bond motifs is 2. The van der Waals surface area contributed by atoms with Crippen LogP contribution in [-0.2, 0) is 29.0 Å². The van der Waals surface area contributed by atoms with E-state index in [-0.39, 0.29) is 13.2 Å². The van der Waals surface area contributed by atoms with E-state index in [0.717, 1.165) is 23.7 Å². The van der Waals surface area contributed by atoms with E-state index in [1.54, 1.807) is 0 Å². The predicted molar refractivity (Wildman–Crippen MR) is 97.7 cm³/mol. The highest BCUT2D eigenvalue weighted by molar-refractivity contribution is 5.87. The Kier molecular flexibility index (Phi) is 4.39. The van der Waals surface area contributed by atoms with Crippen LogP contribution in [0.5, 0.6) is 5.75 Å². The SMILES string of the molecule is Nc1nc(COC(=O)COc2ccc3c(c2)CCC3)nc2ccccc12. The topological polar surface area (TPSA) is 87.3 Å². The third-order valence-electron chi connectivity index (χ3n) is 4.47. The standard InChI is InChI=1S/C20H19N3O3/c21-20-16-6-1-2-7-17(16)22-18(23-20)11-26-19(24)12-25-15-9-8-13-4-3-5-14(13)10-15/h1-2,6-10H,3-5,11-12H2,(H2,21,22,23). The van der Waals surface area contributed by atoms with E-state index in [4.69, 9.17) is 15.2 Å². The van der Waals surface area contributed by atoms with Crippen molar-refractivity contribution in [1.29, 1.82) is 0 Å². The molecule has 0 saturated carbocycles. The van der Waals surface area contributed by atoms with Gasteiger partial charge >= 0.3 is 5.97 Å². The van der Waals surface area contributed by atoms with Crippen LogP contribution in [0.4, 0.5) is 5.82 Å². The first-order chi connectivity index (χ1) is 12.7. The average molecular weight is 349 g/mol. The number of nitrogens with zero attached hydrogens (tertiary/aromatic N) is 2. The molecule has 0 radical (unpaired) electrons. The lowest BCUT2D eigenvalue weighted by atomic mass is 10.1. The van der Waals surface area contributed by atoms with Crippen LogP contribution < -0.4 is 10.5 Å². The Morgan fingerprint density at radius 2 is 1.92 bits per heavy atom. The number of hydrogen-bond donors (Lipinski definition) is 1. The highest BCUT2D eigenvalue weighted by atomic mass is 16.6. The molecule has 4 rings (SSSR count). The third kappa shape index (κ3) is 3.44. The monoisotopic (exact) mass is 349 g/mol. The van der Waals surface area contributed by atoms with Gasteiger partial charge in [-0.1, -0.05) is 18.2 Å². The lowest BCUT2D eigenvalue weighted by Gasteiger charge is -2.09. The molecule has 6 nitrogen and oxygen atoms in total. The van der Waals surface area contributed by atoms with Crippen LogP contribution in [0.1, 0.15) is 23.4 Å². The van der Waals surface area contributed by atoms with Crippen LogP contribution in [-0.4, -0.2) is 22.5 Å². The van der Waals surface area contributed by atoms with Gasteiger partial charge in [-0.05, 0) is 54.7 Å². The van der Waals surface area contributed by atoms with Gasteiger partial charge in [0.15, 0.2) is 19.0 Å². The lowest BCUT2D eigenvalue weighted by molar-refractivity contribution is -0.147. The fourth-order valence-electron chi connectivity index (χ4n) is 3.18. The maximum atomic E-state index is 11.9. The van der Waals surface area contributed by atoms with Crippen molar-refractivity contribution in [3.8, 4) is 5.75 Å². The van der Waals surface area contributed by atoms with E-state index in [0.29, 0.717) is 17.4 Å². The number of carbonyl (C=O) groups is 1. The van der Waals surface area contributed by atoms with Crippen molar-refractivity contribution < 1.29 is 14.3 Å². The molecule has 0 atom stereocenters. The zero-order valence-corrected chi connectivity index (χ0v) is 14.3. The highest BCUT2D eigenvalue weighted by Gasteiger charge is 2.13. The molecular formula is C20H19N3O3. The second kappa shape index (κ2) is 7.00. The number of aromatic nitrogens is 2. The molecule has 132 valence electrons. The number of aryl methyl sites for hydroxylation is 2. The number of nitrogen functional groups attached to an aromatic ring is 1. The van der Waals surface area contributed by atoms with E-state index in [9.17, 15) is 4.79 Å². The van der Waals surface area contributed by atoms with E-state index < -0.39 is 5.97 Å². The van der Waals surface area contributed by atoms with Crippen LogP contribution >= 0.6 is 0 Å². The molecule has 1 aliphatic rings. The van der Waals surface area contributed by atoms with Crippen molar-refractivity contribution in [2.75, 3.05) is 12.3 Å². The predicted octanol–water partition coefficient (Wildman–Crippen LogP) is 2.82. The second-order valence-corrected chi connectivity index (χ2v) is 6.28. The van der Waals surface area contributed by atoms with Crippen LogP contribution in [0.2, 0.25) is 0 Å². The van der Waals surface area contributed by atoms with Crippen LogP contribution in [0.25, 0.3) is 10.9 Å². The van der Waals surface area contributed by atoms with Gasteiger partial charge in [0.05, 0.1) is 5.52 Å². The third-order valence-corrected chi connectivity index (χ3v) is 4.47. The molecule has 0 aliphatic heterocycles. The summed E-state index contributed by atoms with van der Waals surface area (Å²) < 4.78 is 10.7. The van der Waals surface area contributed by atoms with Gasteiger partial charge in [0.1, 0.15) is 11.6 Å². The largest absolute Gasteiger partial charge is 0.482 e. The van der Waals surface area contributed by atoms with Crippen molar-refractivity contribution >= 4 is 22.7 Å². The zero-order valence-electron chi connectivity index (χ0n) is 14.3. The first-order valence-corrected chi connectivity index (χ1v) is 8.60. The molecule has 0 spiro atoms. The van der Waals surface area contributed by atoms with Gasteiger partial charge in [0.2, 0.25) is 0 Å². The summed E-state index contributed by atoms with van der Waals surface area (Å²) in [6.45, 7) is -0.191. The summed E-state index contributed by atoms with van der Waals surface area (Å²) in [4.78, 5) is 20.5. The molecule has 1 aliphatic carbocycles. The minimum Gasteiger partial charge on any atom is -0.482 e. The van der Waals surface area contributed by atoms with Gasteiger partial charge in [-0.2, -0.15) is 0 Å². The zero-order chi connectivity index (χ0) is 17.9. The minimum atomic E-state index is -0.471. The van der Waals surface area contributed by atoms with E-state index >= 15 is 0 Å². The number of carbonyl (C=O) groups excluding carboxylic acids is 1. The summed E-state index contributed by atoms with van der Waals surface area (Å²) in [5.74, 6) is 0.956. The first kappa shape index (κ1) is 16.3. The van der Waals surface area contributed by atoms with Gasteiger partial charge in [-0.25, -0.2) is 14.8 Å². The molecule has 3 aromatic rings. The molecule has 0 unspecified atom stereocenters. The number of nitrogens with two attached hydrogens (primary N) is 1. The molecule has 0 bridgehead atoms. The summed E-state index contributed by atoms with van der Waals surface area (Å²) in [5, 5.41) is 0.780. The fraction of sp³-hybridized carbons (Fsp3) is 0.250. The number of rotatable bonds is 5. The van der Waals surface area contributed by atoms with Gasteiger partial charge in [-0.3, -0.25) is 0 Å². The summed E-state index contributed by atoms with van der Waals surface area (Å²) >= 11 is 0. The van der Waals surface area contributed by atoms with E-state index in [2.05, 4.69) is 16.0 Å². The van der Waals surface area contributed by atoms with Crippen LogP contribution in [0, 0.1) is 0 Å². The van der Waals surface area contributed by atoms with Gasteiger partial charge in [-0.15, -0.1) is 0 Å². The Balaban J connectivity index is 1.34. The number of ether oxygens (including phenoxy) is 2. The number of hydrogen-bond acceptors (Lipinski definition) is 6. The molecule has 0 amide bonds. The lowest BCUT2D eigenvalue weighted by Crippen LogP contribution is -2.16. The molecule has 1 aromatic heterocycles. The molecule has 0 saturated heterocycles. The molecule has 2 aromatic carbocycles. The van der Waals surface area contributed by atoms with Gasteiger partial charge < -0.3 is 15.2 Å². The Labute approximate surface area is 151 Å². The Morgan fingerprint density at radius 3 is 2.85 bits per heavy atom. The van der Waals surface area contributed by atoms with Gasteiger partial charge in [0.25, 0.3) is 0 Å². The van der Waals surface area contributed by atoms with Crippen LogP contribution in [0.3, 0.4) is 0 Å². The van der Waals surface area contributed by atoms with Crippen molar-refractivity contribution in [2.45, 2.75) is 25.9 Å². The Morgan fingerprint density at radius 1 is 1.08 bits per heavy atom. The highest BCUT2D eigenvalue weighted by Crippen LogP contribution is 2.26. The molecule has 6 heteroatoms. The Bertz CT molecular complexity index is 972. The number of para-hydroxylation sites is 1. The summed E-state index contributed by atoms with van der Waals surface area (Å²) in [6, 6.07) is 13.4. The quantitative estimate of drug-likeness (QED) is 0.713. The second-order valence-electron chi connectivity index (χ2n) is 6.28. The molecular weight excluding hydrogens is 330 g/mol. The first-order valence-electron chi connectivity index (χ1n) is 8.60. The van der Waals surface area contributed by atoms with Crippen LogP contribution in [0.15, 0.2) is 42.5 Å². The maximum absolute atomic E-state index is 11.9. The molecule has 1 heterocycles. The number of anilines is 1. The number of esters is 1. The normalized spacial score (nSPS) is 12.8. The fourth-order valence-corrected chi connectivity index (χ4v) is 3.18. The average Bonchev–Trinajstić information content (AvgIpc) is 3.12. The molecule has 26 heavy (non-hydrogen) atoms. The Hall–Kier alpha value is -3.15. The summed E-state index contributed by atoms with van der Waals surface area (Å²) in [5.41, 5.74) is 9.32. The summed E-state index contributed by atoms with van der Waals surface area (Å²) in [6.07, 6.45) is 3.36. The van der Waals surface area contributed by atoms with Gasteiger partial charge in [0, 0.05) is 5.39 Å². The molecule has 2 N–H and O–H groups in total. The molecule has 0 fully saturated rings. The smallest absolute Gasteiger partial charge is 0.344 e.